The van der Waals surface area contributed by atoms with Gasteiger partial charge in [0.15, 0.2) is 0 Å². The minimum absolute atomic E-state index is 0.194. The Bertz CT molecular complexity index is 377. The molecule has 1 aromatic rings. The molecule has 1 aromatic heterocycles. The van der Waals surface area contributed by atoms with Gasteiger partial charge in [-0.15, -0.1) is 11.3 Å². The van der Waals surface area contributed by atoms with Crippen molar-refractivity contribution >= 4 is 17.3 Å². The smallest absolute Gasteiger partial charge is 0.348 e. The Kier molecular flexibility index (Phi) is 3.58. The van der Waals surface area contributed by atoms with Crippen molar-refractivity contribution < 1.29 is 14.6 Å². The van der Waals surface area contributed by atoms with Crippen molar-refractivity contribution in [2.75, 3.05) is 20.2 Å². The fraction of sp³-hybridized carbons (Fsp3) is 0.545. The van der Waals surface area contributed by atoms with Crippen LogP contribution in [0.5, 0.6) is 0 Å². The molecule has 0 aromatic carbocycles. The molecule has 0 bridgehead atoms. The summed E-state index contributed by atoms with van der Waals surface area (Å²) in [6.07, 6.45) is 0.648. The van der Waals surface area contributed by atoms with Crippen LogP contribution < -0.4 is 0 Å². The Hall–Kier alpha value is -0.910. The lowest BCUT2D eigenvalue weighted by Gasteiger charge is -2.12. The maximum atomic E-state index is 11.3. The molecule has 0 aliphatic carbocycles. The molecule has 0 saturated carbocycles. The number of esters is 1. The molecule has 2 heterocycles. The minimum atomic E-state index is -0.280. The van der Waals surface area contributed by atoms with Crippen LogP contribution in [0.3, 0.4) is 0 Å². The van der Waals surface area contributed by atoms with Crippen molar-refractivity contribution in [2.24, 2.45) is 0 Å². The summed E-state index contributed by atoms with van der Waals surface area (Å²) in [4.78, 5) is 15.2. The Labute approximate surface area is 98.4 Å². The number of carbonyl (C=O) groups is 1. The van der Waals surface area contributed by atoms with Gasteiger partial charge in [-0.3, -0.25) is 4.90 Å². The SMILES string of the molecule is COC(=O)c1ccc(CN2CC[C@H](O)C2)s1. The number of ether oxygens (including phenoxy) is 1. The van der Waals surface area contributed by atoms with E-state index in [9.17, 15) is 9.90 Å². The van der Waals surface area contributed by atoms with Gasteiger partial charge in [0.2, 0.25) is 0 Å². The molecule has 4 nitrogen and oxygen atoms in total. The molecule has 1 fully saturated rings. The van der Waals surface area contributed by atoms with Crippen LogP contribution in [-0.2, 0) is 11.3 Å². The number of carbonyl (C=O) groups excluding carboxylic acids is 1. The fourth-order valence-electron chi connectivity index (χ4n) is 1.85. The van der Waals surface area contributed by atoms with Gasteiger partial charge in [-0.1, -0.05) is 0 Å². The van der Waals surface area contributed by atoms with Crippen molar-refractivity contribution in [3.05, 3.63) is 21.9 Å². The largest absolute Gasteiger partial charge is 0.465 e. The summed E-state index contributed by atoms with van der Waals surface area (Å²) in [5.74, 6) is -0.280. The third-order valence-electron chi connectivity index (χ3n) is 2.68. The van der Waals surface area contributed by atoms with Gasteiger partial charge in [0.1, 0.15) is 4.88 Å². The molecule has 1 aliphatic heterocycles. The number of β-amino-alcohol motifs (C(OH)–C–C–N with tert-alkyl or cyclic N) is 1. The van der Waals surface area contributed by atoms with Crippen LogP contribution in [0, 0.1) is 0 Å². The number of hydrogen-bond donors (Lipinski definition) is 1. The van der Waals surface area contributed by atoms with E-state index in [1.165, 1.54) is 18.4 Å². The maximum absolute atomic E-state index is 11.3. The van der Waals surface area contributed by atoms with E-state index in [0.29, 0.717) is 4.88 Å². The number of aliphatic hydroxyl groups is 1. The summed E-state index contributed by atoms with van der Waals surface area (Å²) in [5, 5.41) is 9.40. The summed E-state index contributed by atoms with van der Waals surface area (Å²) >= 11 is 1.46. The van der Waals surface area contributed by atoms with Gasteiger partial charge in [-0.05, 0) is 18.6 Å². The number of aliphatic hydroxyl groups excluding tert-OH is 1. The van der Waals surface area contributed by atoms with E-state index in [1.807, 2.05) is 6.07 Å². The van der Waals surface area contributed by atoms with E-state index in [-0.39, 0.29) is 12.1 Å². The van der Waals surface area contributed by atoms with Crippen molar-refractivity contribution in [3.63, 3.8) is 0 Å². The summed E-state index contributed by atoms with van der Waals surface area (Å²) < 4.78 is 4.65. The van der Waals surface area contributed by atoms with Gasteiger partial charge >= 0.3 is 5.97 Å². The Morgan fingerprint density at radius 3 is 3.12 bits per heavy atom. The van der Waals surface area contributed by atoms with Crippen LogP contribution in [0.4, 0.5) is 0 Å². The first-order chi connectivity index (χ1) is 7.69. The quantitative estimate of drug-likeness (QED) is 0.805. The van der Waals surface area contributed by atoms with E-state index in [4.69, 9.17) is 0 Å². The van der Waals surface area contributed by atoms with Crippen molar-refractivity contribution in [2.45, 2.75) is 19.1 Å². The second-order valence-corrected chi connectivity index (χ2v) is 5.10. The van der Waals surface area contributed by atoms with Crippen LogP contribution in [0.1, 0.15) is 21.0 Å². The lowest BCUT2D eigenvalue weighted by Crippen LogP contribution is -2.20. The van der Waals surface area contributed by atoms with Crippen LogP contribution in [-0.4, -0.2) is 42.3 Å². The lowest BCUT2D eigenvalue weighted by molar-refractivity contribution is 0.0606. The van der Waals surface area contributed by atoms with Gasteiger partial charge in [-0.25, -0.2) is 4.79 Å². The number of methoxy groups -OCH3 is 1. The molecule has 1 N–H and O–H groups in total. The molecule has 5 heteroatoms. The number of likely N-dealkylation sites (tertiary alicyclic amines) is 1. The normalized spacial score (nSPS) is 21.2. The van der Waals surface area contributed by atoms with E-state index in [2.05, 4.69) is 9.64 Å². The molecular weight excluding hydrogens is 226 g/mol. The van der Waals surface area contributed by atoms with E-state index in [0.717, 1.165) is 30.9 Å². The predicted molar refractivity (Wildman–Crippen MR) is 61.6 cm³/mol. The molecule has 0 spiro atoms. The second-order valence-electron chi connectivity index (χ2n) is 3.94. The van der Waals surface area contributed by atoms with Gasteiger partial charge in [-0.2, -0.15) is 0 Å². The van der Waals surface area contributed by atoms with Crippen LogP contribution in [0.15, 0.2) is 12.1 Å². The first-order valence-electron chi connectivity index (χ1n) is 5.26. The second kappa shape index (κ2) is 4.95. The van der Waals surface area contributed by atoms with E-state index in [1.54, 1.807) is 6.07 Å². The summed E-state index contributed by atoms with van der Waals surface area (Å²) in [5.41, 5.74) is 0. The Morgan fingerprint density at radius 2 is 2.50 bits per heavy atom. The van der Waals surface area contributed by atoms with E-state index < -0.39 is 0 Å². The lowest BCUT2D eigenvalue weighted by atomic mass is 10.3. The maximum Gasteiger partial charge on any atom is 0.348 e. The first kappa shape index (κ1) is 11.6. The fourth-order valence-corrected chi connectivity index (χ4v) is 2.82. The average Bonchev–Trinajstić information content (AvgIpc) is 2.87. The van der Waals surface area contributed by atoms with Crippen molar-refractivity contribution in [1.82, 2.24) is 4.90 Å². The van der Waals surface area contributed by atoms with E-state index >= 15 is 0 Å². The number of nitrogens with zero attached hydrogens (tertiary/aromatic N) is 1. The van der Waals surface area contributed by atoms with Gasteiger partial charge in [0.05, 0.1) is 13.2 Å². The zero-order valence-electron chi connectivity index (χ0n) is 9.18. The highest BCUT2D eigenvalue weighted by molar-refractivity contribution is 7.13. The molecule has 1 aliphatic rings. The summed E-state index contributed by atoms with van der Waals surface area (Å²) in [6, 6.07) is 3.74. The standard InChI is InChI=1S/C11H15NO3S/c1-15-11(14)10-3-2-9(16-10)7-12-5-4-8(13)6-12/h2-3,8,13H,4-7H2,1H3/t8-/m0/s1. The topological polar surface area (TPSA) is 49.8 Å². The minimum Gasteiger partial charge on any atom is -0.465 e. The zero-order valence-corrected chi connectivity index (χ0v) is 10.00. The third-order valence-corrected chi connectivity index (χ3v) is 3.73. The highest BCUT2D eigenvalue weighted by Gasteiger charge is 2.20. The average molecular weight is 241 g/mol. The Balaban J connectivity index is 1.95. The van der Waals surface area contributed by atoms with Gasteiger partial charge in [0, 0.05) is 24.5 Å². The molecule has 16 heavy (non-hydrogen) atoms. The first-order valence-corrected chi connectivity index (χ1v) is 6.08. The zero-order chi connectivity index (χ0) is 11.5. The highest BCUT2D eigenvalue weighted by Crippen LogP contribution is 2.21. The van der Waals surface area contributed by atoms with Crippen molar-refractivity contribution in [3.8, 4) is 0 Å². The molecule has 0 radical (unpaired) electrons. The molecule has 1 atom stereocenters. The monoisotopic (exact) mass is 241 g/mol. The number of hydrogen-bond acceptors (Lipinski definition) is 5. The van der Waals surface area contributed by atoms with Crippen LogP contribution in [0.2, 0.25) is 0 Å². The highest BCUT2D eigenvalue weighted by atomic mass is 32.1. The van der Waals surface area contributed by atoms with Gasteiger partial charge < -0.3 is 9.84 Å². The summed E-state index contributed by atoms with van der Waals surface area (Å²) in [7, 11) is 1.39. The van der Waals surface area contributed by atoms with Gasteiger partial charge in [0.25, 0.3) is 0 Å². The summed E-state index contributed by atoms with van der Waals surface area (Å²) in [6.45, 7) is 2.46. The molecule has 1 saturated heterocycles. The molecule has 0 unspecified atom stereocenters. The Morgan fingerprint density at radius 1 is 1.69 bits per heavy atom. The molecule has 0 amide bonds. The predicted octanol–water partition coefficient (Wildman–Crippen LogP) is 1.10. The number of thiophene rings is 1. The van der Waals surface area contributed by atoms with Crippen LogP contribution in [0.25, 0.3) is 0 Å². The molecule has 88 valence electrons. The number of rotatable bonds is 3. The van der Waals surface area contributed by atoms with Crippen molar-refractivity contribution in [1.29, 1.82) is 0 Å². The molecule has 2 rings (SSSR count). The molecular formula is C11H15NO3S. The van der Waals surface area contributed by atoms with Crippen LogP contribution >= 0.6 is 11.3 Å². The third kappa shape index (κ3) is 2.61.